The molecule has 0 spiro atoms. The molecular weight excluding hydrogens is 226 g/mol. The molecule has 1 saturated heterocycles. The van der Waals surface area contributed by atoms with Crippen LogP contribution in [-0.2, 0) is 4.79 Å². The fourth-order valence-electron chi connectivity index (χ4n) is 3.11. The zero-order chi connectivity index (χ0) is 13.0. The maximum Gasteiger partial charge on any atom is 0.221 e. The SMILES string of the molecule is CC1(CN)CCN(CCC(=O)NC2CCCC2)C1. The second kappa shape index (κ2) is 6.02. The number of nitrogens with one attached hydrogen (secondary N) is 1. The van der Waals surface area contributed by atoms with Gasteiger partial charge in [-0.2, -0.15) is 0 Å². The van der Waals surface area contributed by atoms with Crippen LogP contribution < -0.4 is 11.1 Å². The minimum atomic E-state index is 0.225. The lowest BCUT2D eigenvalue weighted by atomic mass is 9.90. The molecule has 4 nitrogen and oxygen atoms in total. The molecule has 1 saturated carbocycles. The first kappa shape index (κ1) is 13.8. The van der Waals surface area contributed by atoms with E-state index in [2.05, 4.69) is 17.1 Å². The van der Waals surface area contributed by atoms with Crippen LogP contribution >= 0.6 is 0 Å². The molecule has 1 unspecified atom stereocenters. The predicted molar refractivity (Wildman–Crippen MR) is 73.2 cm³/mol. The number of carbonyl (C=O) groups excluding carboxylic acids is 1. The highest BCUT2D eigenvalue weighted by Crippen LogP contribution is 2.28. The molecule has 0 aromatic carbocycles. The molecule has 1 atom stereocenters. The molecule has 0 aromatic heterocycles. The number of nitrogens with zero attached hydrogens (tertiary/aromatic N) is 1. The van der Waals surface area contributed by atoms with Gasteiger partial charge in [0.2, 0.25) is 5.91 Å². The van der Waals surface area contributed by atoms with Crippen molar-refractivity contribution in [3.05, 3.63) is 0 Å². The van der Waals surface area contributed by atoms with E-state index >= 15 is 0 Å². The number of carbonyl (C=O) groups is 1. The Morgan fingerprint density at radius 1 is 1.44 bits per heavy atom. The van der Waals surface area contributed by atoms with Crippen molar-refractivity contribution < 1.29 is 4.79 Å². The predicted octanol–water partition coefficient (Wildman–Crippen LogP) is 1.11. The topological polar surface area (TPSA) is 58.4 Å². The zero-order valence-electron chi connectivity index (χ0n) is 11.6. The van der Waals surface area contributed by atoms with E-state index in [1.165, 1.54) is 25.7 Å². The molecular formula is C14H27N3O. The van der Waals surface area contributed by atoms with Crippen LogP contribution in [0.25, 0.3) is 0 Å². The zero-order valence-corrected chi connectivity index (χ0v) is 11.6. The first-order valence-electron chi connectivity index (χ1n) is 7.33. The van der Waals surface area contributed by atoms with Crippen LogP contribution in [0, 0.1) is 5.41 Å². The van der Waals surface area contributed by atoms with Gasteiger partial charge in [0.25, 0.3) is 0 Å². The Hall–Kier alpha value is -0.610. The summed E-state index contributed by atoms with van der Waals surface area (Å²) in [7, 11) is 0. The minimum absolute atomic E-state index is 0.225. The molecule has 1 aliphatic carbocycles. The van der Waals surface area contributed by atoms with Crippen molar-refractivity contribution in [2.75, 3.05) is 26.2 Å². The lowest BCUT2D eigenvalue weighted by Crippen LogP contribution is -2.36. The molecule has 4 heteroatoms. The van der Waals surface area contributed by atoms with Gasteiger partial charge in [-0.05, 0) is 37.8 Å². The highest BCUT2D eigenvalue weighted by atomic mass is 16.1. The minimum Gasteiger partial charge on any atom is -0.353 e. The van der Waals surface area contributed by atoms with Gasteiger partial charge in [0.05, 0.1) is 0 Å². The average Bonchev–Trinajstić information content (AvgIpc) is 2.97. The van der Waals surface area contributed by atoms with Gasteiger partial charge in [-0.15, -0.1) is 0 Å². The van der Waals surface area contributed by atoms with Gasteiger partial charge < -0.3 is 16.0 Å². The summed E-state index contributed by atoms with van der Waals surface area (Å²) >= 11 is 0. The molecule has 1 heterocycles. The molecule has 3 N–H and O–H groups in total. The first-order chi connectivity index (χ1) is 8.61. The molecule has 104 valence electrons. The van der Waals surface area contributed by atoms with Crippen LogP contribution in [0.5, 0.6) is 0 Å². The van der Waals surface area contributed by atoms with Gasteiger partial charge in [-0.1, -0.05) is 19.8 Å². The van der Waals surface area contributed by atoms with Gasteiger partial charge >= 0.3 is 0 Å². The number of nitrogens with two attached hydrogens (primary N) is 1. The number of rotatable bonds is 5. The number of hydrogen-bond acceptors (Lipinski definition) is 3. The van der Waals surface area contributed by atoms with E-state index in [1.54, 1.807) is 0 Å². The van der Waals surface area contributed by atoms with Crippen molar-refractivity contribution in [3.63, 3.8) is 0 Å². The van der Waals surface area contributed by atoms with Crippen molar-refractivity contribution in [2.24, 2.45) is 11.1 Å². The van der Waals surface area contributed by atoms with Crippen LogP contribution in [0.4, 0.5) is 0 Å². The molecule has 2 aliphatic rings. The fraction of sp³-hybridized carbons (Fsp3) is 0.929. The lowest BCUT2D eigenvalue weighted by molar-refractivity contribution is -0.122. The molecule has 2 rings (SSSR count). The Bertz CT molecular complexity index is 289. The Morgan fingerprint density at radius 2 is 2.17 bits per heavy atom. The molecule has 2 fully saturated rings. The molecule has 18 heavy (non-hydrogen) atoms. The summed E-state index contributed by atoms with van der Waals surface area (Å²) in [6.07, 6.45) is 6.67. The highest BCUT2D eigenvalue weighted by Gasteiger charge is 2.32. The largest absolute Gasteiger partial charge is 0.353 e. The highest BCUT2D eigenvalue weighted by molar-refractivity contribution is 5.76. The van der Waals surface area contributed by atoms with E-state index in [4.69, 9.17) is 5.73 Å². The van der Waals surface area contributed by atoms with E-state index in [9.17, 15) is 4.79 Å². The number of amides is 1. The molecule has 1 aliphatic heterocycles. The summed E-state index contributed by atoms with van der Waals surface area (Å²) in [6.45, 7) is 6.00. The first-order valence-corrected chi connectivity index (χ1v) is 7.33. The maximum atomic E-state index is 11.8. The molecule has 0 bridgehead atoms. The molecule has 0 aromatic rings. The standard InChI is InChI=1S/C14H27N3O/c1-14(10-15)7-9-17(11-14)8-6-13(18)16-12-4-2-3-5-12/h12H,2-11,15H2,1H3,(H,16,18). The van der Waals surface area contributed by atoms with Gasteiger partial charge in [-0.25, -0.2) is 0 Å². The monoisotopic (exact) mass is 253 g/mol. The van der Waals surface area contributed by atoms with Gasteiger partial charge in [0.1, 0.15) is 0 Å². The summed E-state index contributed by atoms with van der Waals surface area (Å²) in [5, 5.41) is 3.15. The summed E-state index contributed by atoms with van der Waals surface area (Å²) < 4.78 is 0. The number of likely N-dealkylation sites (tertiary alicyclic amines) is 1. The summed E-state index contributed by atoms with van der Waals surface area (Å²) in [5.41, 5.74) is 6.05. The maximum absolute atomic E-state index is 11.8. The van der Waals surface area contributed by atoms with E-state index in [1.807, 2.05) is 0 Å². The van der Waals surface area contributed by atoms with Crippen LogP contribution in [0.3, 0.4) is 0 Å². The Kier molecular flexibility index (Phi) is 4.62. The summed E-state index contributed by atoms with van der Waals surface area (Å²) in [6, 6.07) is 0.449. The Balaban J connectivity index is 1.64. The van der Waals surface area contributed by atoms with Crippen LogP contribution in [0.2, 0.25) is 0 Å². The van der Waals surface area contributed by atoms with E-state index in [-0.39, 0.29) is 11.3 Å². The van der Waals surface area contributed by atoms with E-state index in [0.717, 1.165) is 32.6 Å². The van der Waals surface area contributed by atoms with Gasteiger partial charge in [0.15, 0.2) is 0 Å². The van der Waals surface area contributed by atoms with E-state index < -0.39 is 0 Å². The Labute approximate surface area is 110 Å². The van der Waals surface area contributed by atoms with Gasteiger partial charge in [0, 0.05) is 25.6 Å². The van der Waals surface area contributed by atoms with Crippen LogP contribution in [-0.4, -0.2) is 43.0 Å². The average molecular weight is 253 g/mol. The summed E-state index contributed by atoms with van der Waals surface area (Å²) in [5.74, 6) is 0.225. The third kappa shape index (κ3) is 3.69. The smallest absolute Gasteiger partial charge is 0.221 e. The lowest BCUT2D eigenvalue weighted by Gasteiger charge is -2.22. The van der Waals surface area contributed by atoms with Crippen molar-refractivity contribution >= 4 is 5.91 Å². The second-order valence-corrected chi connectivity index (χ2v) is 6.34. The quantitative estimate of drug-likeness (QED) is 0.771. The van der Waals surface area contributed by atoms with Crippen molar-refractivity contribution in [1.29, 1.82) is 0 Å². The number of hydrogen-bond donors (Lipinski definition) is 2. The molecule has 1 amide bonds. The molecule has 0 radical (unpaired) electrons. The van der Waals surface area contributed by atoms with Gasteiger partial charge in [-0.3, -0.25) is 4.79 Å². The fourth-order valence-corrected chi connectivity index (χ4v) is 3.11. The third-order valence-corrected chi connectivity index (χ3v) is 4.51. The third-order valence-electron chi connectivity index (χ3n) is 4.51. The Morgan fingerprint density at radius 3 is 2.78 bits per heavy atom. The van der Waals surface area contributed by atoms with Crippen molar-refractivity contribution in [3.8, 4) is 0 Å². The summed E-state index contributed by atoms with van der Waals surface area (Å²) in [4.78, 5) is 14.2. The second-order valence-electron chi connectivity index (χ2n) is 6.34. The normalized spacial score (nSPS) is 29.9. The van der Waals surface area contributed by atoms with Crippen LogP contribution in [0.15, 0.2) is 0 Å². The van der Waals surface area contributed by atoms with Crippen LogP contribution in [0.1, 0.15) is 45.4 Å². The van der Waals surface area contributed by atoms with Crippen molar-refractivity contribution in [2.45, 2.75) is 51.5 Å². The van der Waals surface area contributed by atoms with Crippen molar-refractivity contribution in [1.82, 2.24) is 10.2 Å². The van der Waals surface area contributed by atoms with E-state index in [0.29, 0.717) is 12.5 Å².